The first-order valence-electron chi connectivity index (χ1n) is 8.44. The van der Waals surface area contributed by atoms with Gasteiger partial charge >= 0.3 is 0 Å². The summed E-state index contributed by atoms with van der Waals surface area (Å²) in [5.41, 5.74) is 1.14. The molecule has 1 aliphatic carbocycles. The van der Waals surface area contributed by atoms with Gasteiger partial charge in [-0.2, -0.15) is 0 Å². The van der Waals surface area contributed by atoms with Gasteiger partial charge in [0.15, 0.2) is 5.82 Å². The van der Waals surface area contributed by atoms with Crippen molar-refractivity contribution >= 4 is 0 Å². The van der Waals surface area contributed by atoms with Crippen LogP contribution in [0.5, 0.6) is 5.75 Å². The van der Waals surface area contributed by atoms with Crippen molar-refractivity contribution < 1.29 is 14.8 Å². The van der Waals surface area contributed by atoms with Gasteiger partial charge in [0.05, 0.1) is 4.92 Å². The number of hydrogen-bond acceptors (Lipinski definition) is 7. The van der Waals surface area contributed by atoms with Crippen LogP contribution in [0.25, 0.3) is 0 Å². The molecule has 0 radical (unpaired) electrons. The summed E-state index contributed by atoms with van der Waals surface area (Å²) in [6.45, 7) is 2.10. The van der Waals surface area contributed by atoms with Gasteiger partial charge in [0.1, 0.15) is 18.5 Å². The number of benzene rings is 1. The first-order valence-corrected chi connectivity index (χ1v) is 8.44. The Hall–Kier alpha value is -2.32. The largest absolute Gasteiger partial charge is 0.491 e. The number of aliphatic hydroxyl groups excluding tert-OH is 1. The van der Waals surface area contributed by atoms with Gasteiger partial charge in [-0.3, -0.25) is 10.1 Å². The van der Waals surface area contributed by atoms with Gasteiger partial charge < -0.3 is 25.8 Å². The smallest absolute Gasteiger partial charge is 0.274 e. The van der Waals surface area contributed by atoms with E-state index in [2.05, 4.69) is 16.0 Å². The zero-order chi connectivity index (χ0) is 18.1. The van der Waals surface area contributed by atoms with Crippen LogP contribution in [0.2, 0.25) is 0 Å². The van der Waals surface area contributed by atoms with Crippen LogP contribution in [0, 0.1) is 16.0 Å². The third-order valence-electron chi connectivity index (χ3n) is 3.83. The molecule has 1 unspecified atom stereocenters. The van der Waals surface area contributed by atoms with Gasteiger partial charge in [-0.15, -0.1) is 0 Å². The predicted octanol–water partition coefficient (Wildman–Crippen LogP) is 0.810. The second-order valence-corrected chi connectivity index (χ2v) is 6.15. The first kappa shape index (κ1) is 19.0. The van der Waals surface area contributed by atoms with Crippen molar-refractivity contribution in [1.29, 1.82) is 0 Å². The quantitative estimate of drug-likeness (QED) is 0.326. The van der Waals surface area contributed by atoms with Crippen molar-refractivity contribution in [2.24, 2.45) is 5.92 Å². The van der Waals surface area contributed by atoms with Crippen LogP contribution in [0.3, 0.4) is 0 Å². The van der Waals surface area contributed by atoms with Crippen molar-refractivity contribution in [3.8, 4) is 5.75 Å². The van der Waals surface area contributed by atoms with E-state index in [0.29, 0.717) is 5.75 Å². The Morgan fingerprint density at radius 1 is 1.52 bits per heavy atom. The molecule has 0 heterocycles. The van der Waals surface area contributed by atoms with Crippen molar-refractivity contribution in [2.75, 3.05) is 26.7 Å². The molecule has 0 bridgehead atoms. The van der Waals surface area contributed by atoms with E-state index in [9.17, 15) is 15.2 Å². The molecule has 25 heavy (non-hydrogen) atoms. The number of rotatable bonds is 12. The minimum Gasteiger partial charge on any atom is -0.491 e. The lowest BCUT2D eigenvalue weighted by molar-refractivity contribution is -0.404. The highest BCUT2D eigenvalue weighted by molar-refractivity contribution is 5.28. The molecule has 0 aromatic heterocycles. The van der Waals surface area contributed by atoms with Crippen LogP contribution in [-0.2, 0) is 6.54 Å². The van der Waals surface area contributed by atoms with Gasteiger partial charge in [0.25, 0.3) is 6.20 Å². The zero-order valence-corrected chi connectivity index (χ0v) is 14.4. The lowest BCUT2D eigenvalue weighted by Gasteiger charge is -2.15. The molecule has 1 fully saturated rings. The van der Waals surface area contributed by atoms with E-state index in [1.165, 1.54) is 12.8 Å². The van der Waals surface area contributed by atoms with Crippen molar-refractivity contribution in [3.05, 3.63) is 52.0 Å². The predicted molar refractivity (Wildman–Crippen MR) is 94.5 cm³/mol. The number of aliphatic hydroxyl groups is 1. The van der Waals surface area contributed by atoms with Crippen LogP contribution in [0.1, 0.15) is 18.4 Å². The Morgan fingerprint density at radius 3 is 3.00 bits per heavy atom. The van der Waals surface area contributed by atoms with Crippen molar-refractivity contribution in [3.63, 3.8) is 0 Å². The molecule has 1 atom stereocenters. The molecule has 138 valence electrons. The topological polar surface area (TPSA) is 109 Å². The zero-order valence-electron chi connectivity index (χ0n) is 14.4. The third kappa shape index (κ3) is 7.86. The van der Waals surface area contributed by atoms with Crippen LogP contribution < -0.4 is 20.7 Å². The van der Waals surface area contributed by atoms with Crippen LogP contribution in [-0.4, -0.2) is 42.9 Å². The Balaban J connectivity index is 1.71. The molecule has 0 spiro atoms. The van der Waals surface area contributed by atoms with Crippen LogP contribution >= 0.6 is 0 Å². The number of nitrogens with zero attached hydrogens (tertiary/aromatic N) is 1. The lowest BCUT2D eigenvalue weighted by Crippen LogP contribution is -2.34. The molecule has 2 rings (SSSR count). The highest BCUT2D eigenvalue weighted by atomic mass is 16.6. The van der Waals surface area contributed by atoms with E-state index >= 15 is 0 Å². The normalized spacial score (nSPS) is 15.5. The van der Waals surface area contributed by atoms with Gasteiger partial charge in [0, 0.05) is 20.1 Å². The average molecular weight is 350 g/mol. The van der Waals surface area contributed by atoms with E-state index in [1.807, 2.05) is 24.3 Å². The molecular formula is C17H26N4O4. The molecule has 4 N–H and O–H groups in total. The summed E-state index contributed by atoms with van der Waals surface area (Å²) in [4.78, 5) is 9.86. The van der Waals surface area contributed by atoms with E-state index < -0.39 is 11.0 Å². The molecule has 1 aromatic rings. The second kappa shape index (κ2) is 9.85. The summed E-state index contributed by atoms with van der Waals surface area (Å²) in [6, 6.07) is 7.75. The Bertz CT molecular complexity index is 590. The molecular weight excluding hydrogens is 324 g/mol. The molecule has 1 aliphatic rings. The standard InChI is InChI=1S/C17H26N4O4/c1-18-17(11-21(23)24)20-10-15(22)12-25-16-4-2-3-14(7-16)9-19-8-13-5-6-13/h2-4,7,11,13,15,18-20,22H,5-6,8-10,12H2,1H3. The fraction of sp³-hybridized carbons (Fsp3) is 0.529. The molecule has 8 nitrogen and oxygen atoms in total. The average Bonchev–Trinajstić information content (AvgIpc) is 3.41. The fourth-order valence-electron chi connectivity index (χ4n) is 2.27. The van der Waals surface area contributed by atoms with Crippen LogP contribution in [0.15, 0.2) is 36.3 Å². The number of nitro groups is 1. The summed E-state index contributed by atoms with van der Waals surface area (Å²) in [5.74, 6) is 1.76. The van der Waals surface area contributed by atoms with E-state index in [0.717, 1.165) is 30.8 Å². The maximum atomic E-state index is 10.4. The maximum Gasteiger partial charge on any atom is 0.274 e. The van der Waals surface area contributed by atoms with Crippen LogP contribution in [0.4, 0.5) is 0 Å². The van der Waals surface area contributed by atoms with Gasteiger partial charge in [-0.25, -0.2) is 0 Å². The Morgan fingerprint density at radius 2 is 2.32 bits per heavy atom. The molecule has 0 amide bonds. The minimum absolute atomic E-state index is 0.0986. The third-order valence-corrected chi connectivity index (χ3v) is 3.83. The van der Waals surface area contributed by atoms with Gasteiger partial charge in [-0.1, -0.05) is 12.1 Å². The molecule has 1 saturated carbocycles. The summed E-state index contributed by atoms with van der Waals surface area (Å²) >= 11 is 0. The highest BCUT2D eigenvalue weighted by Gasteiger charge is 2.20. The summed E-state index contributed by atoms with van der Waals surface area (Å²) in [5, 5.41) is 29.2. The lowest BCUT2D eigenvalue weighted by atomic mass is 10.2. The maximum absolute atomic E-state index is 10.4. The number of nitrogens with one attached hydrogen (secondary N) is 3. The number of ether oxygens (including phenoxy) is 1. The van der Waals surface area contributed by atoms with Gasteiger partial charge in [-0.05, 0) is 43.0 Å². The summed E-state index contributed by atoms with van der Waals surface area (Å²) in [7, 11) is 1.56. The van der Waals surface area contributed by atoms with E-state index in [1.54, 1.807) is 7.05 Å². The highest BCUT2D eigenvalue weighted by Crippen LogP contribution is 2.27. The first-order chi connectivity index (χ1) is 12.1. The Labute approximate surface area is 147 Å². The minimum atomic E-state index is -0.792. The monoisotopic (exact) mass is 350 g/mol. The molecule has 8 heteroatoms. The van der Waals surface area contributed by atoms with E-state index in [4.69, 9.17) is 4.74 Å². The molecule has 1 aromatic carbocycles. The van der Waals surface area contributed by atoms with E-state index in [-0.39, 0.29) is 19.0 Å². The SMILES string of the molecule is CNC(=C[N+](=O)[O-])NCC(O)COc1cccc(CNCC2CC2)c1. The second-order valence-electron chi connectivity index (χ2n) is 6.15. The summed E-state index contributed by atoms with van der Waals surface area (Å²) < 4.78 is 5.60. The van der Waals surface area contributed by atoms with Crippen molar-refractivity contribution in [2.45, 2.75) is 25.5 Å². The summed E-state index contributed by atoms with van der Waals surface area (Å²) in [6.07, 6.45) is 2.67. The fourth-order valence-corrected chi connectivity index (χ4v) is 2.27. The number of hydrogen-bond donors (Lipinski definition) is 4. The molecule has 0 saturated heterocycles. The van der Waals surface area contributed by atoms with Crippen molar-refractivity contribution in [1.82, 2.24) is 16.0 Å². The molecule has 0 aliphatic heterocycles. The van der Waals surface area contributed by atoms with Gasteiger partial charge in [0.2, 0.25) is 0 Å². The Kier molecular flexibility index (Phi) is 7.49.